The Bertz CT molecular complexity index is 1020. The van der Waals surface area contributed by atoms with Crippen LogP contribution in [0.25, 0.3) is 22.6 Å². The van der Waals surface area contributed by atoms with E-state index in [1.54, 1.807) is 0 Å². The number of aromatic nitrogens is 1. The lowest BCUT2D eigenvalue weighted by atomic mass is 10.0. The number of carbonyl (C=O) groups excluding carboxylic acids is 1. The molecule has 24 heavy (non-hydrogen) atoms. The lowest BCUT2D eigenvalue weighted by Crippen LogP contribution is -2.20. The number of nitrogens with one attached hydrogen (secondary N) is 4. The normalized spacial score (nSPS) is 14.7. The second kappa shape index (κ2) is 5.27. The van der Waals surface area contributed by atoms with Gasteiger partial charge < -0.3 is 21.4 Å². The van der Waals surface area contributed by atoms with Crippen LogP contribution in [0.2, 0.25) is 0 Å². The topological polar surface area (TPSA) is 107 Å². The van der Waals surface area contributed by atoms with E-state index in [0.29, 0.717) is 5.57 Å². The first-order chi connectivity index (χ1) is 11.6. The summed E-state index contributed by atoms with van der Waals surface area (Å²) >= 11 is 0. The van der Waals surface area contributed by atoms with Gasteiger partial charge >= 0.3 is 0 Å². The van der Waals surface area contributed by atoms with Crippen LogP contribution < -0.4 is 16.4 Å². The number of carbonyl (C=O) groups is 1. The third-order valence-corrected chi connectivity index (χ3v) is 4.00. The van der Waals surface area contributed by atoms with E-state index in [1.807, 2.05) is 54.7 Å². The van der Waals surface area contributed by atoms with Gasteiger partial charge in [-0.2, -0.15) is 0 Å². The van der Waals surface area contributed by atoms with Gasteiger partial charge in [0, 0.05) is 45.2 Å². The molecule has 0 saturated carbocycles. The number of benzene rings is 2. The van der Waals surface area contributed by atoms with Crippen LogP contribution in [0.3, 0.4) is 0 Å². The van der Waals surface area contributed by atoms with Crippen molar-refractivity contribution in [1.82, 2.24) is 4.98 Å². The van der Waals surface area contributed by atoms with E-state index in [4.69, 9.17) is 11.1 Å². The molecule has 1 aromatic heterocycles. The standard InChI is InChI=1S/C18H15N5O/c19-18(20)22-11-5-6-15-13(8-11)10(9-21-15)7-14-12-3-1-2-4-16(12)23-17(14)24/h1-9,21H,(H,23,24)(H4,19,20,22). The molecule has 0 spiro atoms. The van der Waals surface area contributed by atoms with Crippen molar-refractivity contribution in [2.45, 2.75) is 0 Å². The molecule has 3 aromatic rings. The Morgan fingerprint density at radius 3 is 2.88 bits per heavy atom. The maximum atomic E-state index is 12.3. The minimum absolute atomic E-state index is 0.108. The van der Waals surface area contributed by atoms with Crippen molar-refractivity contribution in [3.8, 4) is 0 Å². The van der Waals surface area contributed by atoms with Crippen LogP contribution in [-0.2, 0) is 4.79 Å². The Labute approximate surface area is 137 Å². The quantitative estimate of drug-likeness (QED) is 0.285. The highest BCUT2D eigenvalue weighted by Gasteiger charge is 2.23. The highest BCUT2D eigenvalue weighted by atomic mass is 16.2. The number of hydrogen-bond donors (Lipinski definition) is 5. The second-order valence-electron chi connectivity index (χ2n) is 5.60. The predicted octanol–water partition coefficient (Wildman–Crippen LogP) is 2.97. The Kier molecular flexibility index (Phi) is 3.09. The van der Waals surface area contributed by atoms with Gasteiger partial charge in [0.2, 0.25) is 0 Å². The summed E-state index contributed by atoms with van der Waals surface area (Å²) in [6.07, 6.45) is 3.74. The fourth-order valence-electron chi connectivity index (χ4n) is 2.93. The zero-order valence-corrected chi connectivity index (χ0v) is 12.7. The molecule has 1 aliphatic rings. The second-order valence-corrected chi connectivity index (χ2v) is 5.60. The first-order valence-electron chi connectivity index (χ1n) is 7.46. The van der Waals surface area contributed by atoms with Gasteiger partial charge in [-0.3, -0.25) is 10.2 Å². The van der Waals surface area contributed by atoms with Crippen LogP contribution in [0.4, 0.5) is 11.4 Å². The molecule has 6 heteroatoms. The summed E-state index contributed by atoms with van der Waals surface area (Å²) in [6, 6.07) is 13.3. The summed E-state index contributed by atoms with van der Waals surface area (Å²) in [6.45, 7) is 0. The smallest absolute Gasteiger partial charge is 0.256 e. The van der Waals surface area contributed by atoms with E-state index in [9.17, 15) is 4.79 Å². The largest absolute Gasteiger partial charge is 0.370 e. The van der Waals surface area contributed by atoms with Gasteiger partial charge in [-0.15, -0.1) is 0 Å². The number of nitrogens with two attached hydrogens (primary N) is 1. The molecule has 0 fully saturated rings. The van der Waals surface area contributed by atoms with Crippen LogP contribution in [0.15, 0.2) is 48.7 Å². The number of aromatic amines is 1. The molecule has 6 N–H and O–H groups in total. The molecule has 6 nitrogen and oxygen atoms in total. The zero-order chi connectivity index (χ0) is 16.7. The van der Waals surface area contributed by atoms with Gasteiger partial charge in [-0.05, 0) is 30.3 Å². The van der Waals surface area contributed by atoms with Crippen molar-refractivity contribution >= 4 is 45.8 Å². The highest BCUT2D eigenvalue weighted by molar-refractivity contribution is 6.35. The summed E-state index contributed by atoms with van der Waals surface area (Å²) in [4.78, 5) is 15.5. The average molecular weight is 317 g/mol. The summed E-state index contributed by atoms with van der Waals surface area (Å²) in [5, 5.41) is 13.9. The highest BCUT2D eigenvalue weighted by Crippen LogP contribution is 2.34. The molecule has 2 heterocycles. The number of para-hydroxylation sites is 1. The van der Waals surface area contributed by atoms with Crippen molar-refractivity contribution in [3.05, 3.63) is 59.8 Å². The van der Waals surface area contributed by atoms with E-state index >= 15 is 0 Å². The first-order valence-corrected chi connectivity index (χ1v) is 7.46. The Morgan fingerprint density at radius 2 is 2.04 bits per heavy atom. The lowest BCUT2D eigenvalue weighted by molar-refractivity contribution is -0.110. The molecule has 4 rings (SSSR count). The number of guanidine groups is 1. The number of amides is 1. The zero-order valence-electron chi connectivity index (χ0n) is 12.7. The van der Waals surface area contributed by atoms with E-state index < -0.39 is 0 Å². The molecule has 0 bridgehead atoms. The predicted molar refractivity (Wildman–Crippen MR) is 96.8 cm³/mol. The molecule has 0 aliphatic carbocycles. The maximum absolute atomic E-state index is 12.3. The molecule has 0 saturated heterocycles. The van der Waals surface area contributed by atoms with E-state index in [2.05, 4.69) is 15.6 Å². The summed E-state index contributed by atoms with van der Waals surface area (Å²) in [5.41, 5.74) is 10.3. The third-order valence-electron chi connectivity index (χ3n) is 4.00. The number of H-pyrrole nitrogens is 1. The van der Waals surface area contributed by atoms with Crippen molar-refractivity contribution in [2.75, 3.05) is 10.6 Å². The minimum Gasteiger partial charge on any atom is -0.370 e. The molecule has 0 unspecified atom stereocenters. The molecule has 1 aliphatic heterocycles. The van der Waals surface area contributed by atoms with E-state index in [0.717, 1.165) is 33.4 Å². The van der Waals surface area contributed by atoms with Gasteiger partial charge in [0.05, 0.1) is 0 Å². The first kappa shape index (κ1) is 14.1. The molecular formula is C18H15N5O. The van der Waals surface area contributed by atoms with Crippen molar-refractivity contribution in [2.24, 2.45) is 5.73 Å². The van der Waals surface area contributed by atoms with Gasteiger partial charge in [-0.25, -0.2) is 0 Å². The van der Waals surface area contributed by atoms with E-state index in [-0.39, 0.29) is 11.9 Å². The Balaban J connectivity index is 1.82. The van der Waals surface area contributed by atoms with Crippen LogP contribution in [0.1, 0.15) is 11.1 Å². The fourth-order valence-corrected chi connectivity index (χ4v) is 2.93. The van der Waals surface area contributed by atoms with Crippen molar-refractivity contribution in [1.29, 1.82) is 5.41 Å². The number of rotatable bonds is 2. The van der Waals surface area contributed by atoms with Crippen LogP contribution >= 0.6 is 0 Å². The summed E-state index contributed by atoms with van der Waals surface area (Å²) in [7, 11) is 0. The van der Waals surface area contributed by atoms with Crippen LogP contribution in [0, 0.1) is 5.41 Å². The van der Waals surface area contributed by atoms with Gasteiger partial charge in [0.1, 0.15) is 0 Å². The van der Waals surface area contributed by atoms with E-state index in [1.165, 1.54) is 0 Å². The molecule has 118 valence electrons. The van der Waals surface area contributed by atoms with Crippen LogP contribution in [-0.4, -0.2) is 16.9 Å². The molecule has 0 atom stereocenters. The third kappa shape index (κ3) is 2.30. The fraction of sp³-hybridized carbons (Fsp3) is 0. The molecule has 1 amide bonds. The summed E-state index contributed by atoms with van der Waals surface area (Å²) in [5.74, 6) is -0.225. The monoisotopic (exact) mass is 317 g/mol. The number of fused-ring (bicyclic) bond motifs is 2. The molecule has 0 radical (unpaired) electrons. The van der Waals surface area contributed by atoms with Crippen LogP contribution in [0.5, 0.6) is 0 Å². The van der Waals surface area contributed by atoms with Gasteiger partial charge in [0.15, 0.2) is 5.96 Å². The van der Waals surface area contributed by atoms with Gasteiger partial charge in [0.25, 0.3) is 5.91 Å². The van der Waals surface area contributed by atoms with Crippen molar-refractivity contribution < 1.29 is 4.79 Å². The summed E-state index contributed by atoms with van der Waals surface area (Å²) < 4.78 is 0. The average Bonchev–Trinajstić information content (AvgIpc) is 3.09. The Hall–Kier alpha value is -3.54. The molecular weight excluding hydrogens is 302 g/mol. The number of hydrogen-bond acceptors (Lipinski definition) is 2. The van der Waals surface area contributed by atoms with Crippen molar-refractivity contribution in [3.63, 3.8) is 0 Å². The minimum atomic E-state index is -0.117. The SMILES string of the molecule is N=C(N)Nc1ccc2[nH]cc(C=C3C(=O)Nc4ccccc43)c2c1. The maximum Gasteiger partial charge on any atom is 0.256 e. The Morgan fingerprint density at radius 1 is 1.21 bits per heavy atom. The number of anilines is 2. The lowest BCUT2D eigenvalue weighted by Gasteiger charge is -2.04. The molecule has 2 aromatic carbocycles. The van der Waals surface area contributed by atoms with Gasteiger partial charge in [-0.1, -0.05) is 18.2 Å².